The molecule has 2 aromatic carbocycles. The van der Waals surface area contributed by atoms with E-state index >= 15 is 0 Å². The molecule has 0 saturated heterocycles. The Morgan fingerprint density at radius 1 is 1.00 bits per heavy atom. The number of aryl methyl sites for hydroxylation is 2. The van der Waals surface area contributed by atoms with Crippen molar-refractivity contribution >= 4 is 27.8 Å². The minimum Gasteiger partial charge on any atom is -0.593 e. The molecule has 0 aliphatic carbocycles. The first-order valence-electron chi connectivity index (χ1n) is 8.96. The van der Waals surface area contributed by atoms with E-state index < -0.39 is 23.0 Å². The summed E-state index contributed by atoms with van der Waals surface area (Å²) in [7, 11) is 3.37. The highest BCUT2D eigenvalue weighted by Crippen LogP contribution is 2.34. The van der Waals surface area contributed by atoms with Gasteiger partial charge in [0.25, 0.3) is 5.56 Å². The number of hydrogen-bond acceptors (Lipinski definition) is 4. The fourth-order valence-corrected chi connectivity index (χ4v) is 3.88. The largest absolute Gasteiger partial charge is 0.593 e. The maximum absolute atomic E-state index is 14.8. The van der Waals surface area contributed by atoms with Crippen LogP contribution in [-0.4, -0.2) is 25.2 Å². The van der Waals surface area contributed by atoms with Gasteiger partial charge in [-0.3, -0.25) is 9.48 Å². The number of pyridine rings is 1. The molecule has 0 aliphatic rings. The molecule has 30 heavy (non-hydrogen) atoms. The number of halogens is 2. The molecular formula is C21H18F2N4O2S. The minimum atomic E-state index is -1.54. The lowest BCUT2D eigenvalue weighted by Crippen LogP contribution is -2.17. The Labute approximate surface area is 174 Å². The first-order chi connectivity index (χ1) is 14.2. The zero-order chi connectivity index (χ0) is 21.6. The maximum Gasteiger partial charge on any atom is 0.258 e. The van der Waals surface area contributed by atoms with Gasteiger partial charge in [0, 0.05) is 54.6 Å². The molecule has 0 spiro atoms. The van der Waals surface area contributed by atoms with Gasteiger partial charge in [-0.25, -0.2) is 13.5 Å². The van der Waals surface area contributed by atoms with Gasteiger partial charge in [0.2, 0.25) is 0 Å². The summed E-state index contributed by atoms with van der Waals surface area (Å²) in [5.41, 5.74) is 1.84. The molecule has 1 atom stereocenters. The summed E-state index contributed by atoms with van der Waals surface area (Å²) in [4.78, 5) is 12.7. The van der Waals surface area contributed by atoms with Crippen molar-refractivity contribution in [1.29, 1.82) is 0 Å². The number of nitrogens with zero attached hydrogens (tertiary/aromatic N) is 3. The van der Waals surface area contributed by atoms with Gasteiger partial charge in [0.05, 0.1) is 17.6 Å². The van der Waals surface area contributed by atoms with Crippen molar-refractivity contribution in [3.63, 3.8) is 0 Å². The molecule has 4 rings (SSSR count). The third kappa shape index (κ3) is 3.57. The zero-order valence-corrected chi connectivity index (χ0v) is 17.3. The van der Waals surface area contributed by atoms with Crippen LogP contribution < -0.4 is 10.3 Å². The van der Waals surface area contributed by atoms with Crippen molar-refractivity contribution in [3.05, 3.63) is 70.9 Å². The van der Waals surface area contributed by atoms with Crippen LogP contribution in [-0.2, 0) is 25.5 Å². The van der Waals surface area contributed by atoms with E-state index in [0.29, 0.717) is 16.3 Å². The molecule has 2 heterocycles. The number of rotatable bonds is 4. The van der Waals surface area contributed by atoms with Crippen LogP contribution in [0.5, 0.6) is 0 Å². The lowest BCUT2D eigenvalue weighted by Gasteiger charge is -2.14. The highest BCUT2D eigenvalue weighted by molar-refractivity contribution is 7.92. The van der Waals surface area contributed by atoms with E-state index in [2.05, 4.69) is 9.82 Å². The molecule has 0 aliphatic heterocycles. The molecule has 0 saturated carbocycles. The molecule has 4 aromatic rings. The zero-order valence-electron chi connectivity index (χ0n) is 16.4. The van der Waals surface area contributed by atoms with Crippen LogP contribution in [0.3, 0.4) is 0 Å². The van der Waals surface area contributed by atoms with Crippen LogP contribution in [0.15, 0.2) is 53.7 Å². The second kappa shape index (κ2) is 7.58. The molecule has 2 aromatic heterocycles. The molecule has 0 fully saturated rings. The summed E-state index contributed by atoms with van der Waals surface area (Å²) < 4.78 is 45.9. The molecular weight excluding hydrogens is 410 g/mol. The predicted molar refractivity (Wildman–Crippen MR) is 114 cm³/mol. The Morgan fingerprint density at radius 3 is 2.43 bits per heavy atom. The van der Waals surface area contributed by atoms with Crippen LogP contribution in [0.1, 0.15) is 0 Å². The fraction of sp³-hybridized carbons (Fsp3) is 0.143. The topological polar surface area (TPSA) is 74.9 Å². The SMILES string of the molecule is Cn1cc(-c2ccc3c(=O)n(C)cc(-c4cc(N[S+](C)[O-])c(F)cc4F)c3c2)cn1. The Kier molecular flexibility index (Phi) is 5.08. The van der Waals surface area contributed by atoms with Crippen LogP contribution in [0.2, 0.25) is 0 Å². The average molecular weight is 428 g/mol. The van der Waals surface area contributed by atoms with E-state index in [1.54, 1.807) is 43.2 Å². The van der Waals surface area contributed by atoms with Gasteiger partial charge in [0.1, 0.15) is 17.8 Å². The first kappa shape index (κ1) is 20.1. The molecule has 1 N–H and O–H groups in total. The second-order valence-electron chi connectivity index (χ2n) is 6.99. The van der Waals surface area contributed by atoms with Crippen molar-refractivity contribution in [2.45, 2.75) is 0 Å². The van der Waals surface area contributed by atoms with Crippen molar-refractivity contribution in [2.75, 3.05) is 11.0 Å². The Balaban J connectivity index is 2.01. The van der Waals surface area contributed by atoms with Gasteiger partial charge in [-0.05, 0) is 29.1 Å². The smallest absolute Gasteiger partial charge is 0.258 e. The third-order valence-corrected chi connectivity index (χ3v) is 5.33. The quantitative estimate of drug-likeness (QED) is 0.504. The lowest BCUT2D eigenvalue weighted by atomic mass is 9.96. The van der Waals surface area contributed by atoms with Crippen LogP contribution in [0, 0.1) is 11.6 Å². The minimum absolute atomic E-state index is 0.0855. The van der Waals surface area contributed by atoms with Gasteiger partial charge in [-0.15, -0.1) is 0 Å². The predicted octanol–water partition coefficient (Wildman–Crippen LogP) is 3.59. The fourth-order valence-electron chi connectivity index (χ4n) is 3.42. The standard InChI is InChI=1S/C21H18F2N4O2S/c1-26-11-17(16-7-20(25-30(3)29)19(23)8-18(16)22)15-6-12(4-5-14(15)21(26)28)13-9-24-27(2)10-13/h4-11,25H,1-3H3. The highest BCUT2D eigenvalue weighted by Gasteiger charge is 2.18. The number of fused-ring (bicyclic) bond motifs is 1. The monoisotopic (exact) mass is 428 g/mol. The molecule has 1 unspecified atom stereocenters. The number of hydrogen-bond donors (Lipinski definition) is 1. The number of benzene rings is 2. The summed E-state index contributed by atoms with van der Waals surface area (Å²) in [6.45, 7) is 0. The second-order valence-corrected chi connectivity index (χ2v) is 8.10. The van der Waals surface area contributed by atoms with Crippen LogP contribution in [0.25, 0.3) is 33.0 Å². The Hall–Kier alpha value is -3.17. The van der Waals surface area contributed by atoms with Crippen molar-refractivity contribution < 1.29 is 13.3 Å². The number of nitrogens with one attached hydrogen (secondary N) is 1. The van der Waals surface area contributed by atoms with Crippen molar-refractivity contribution in [3.8, 4) is 22.3 Å². The normalized spacial score (nSPS) is 12.3. The van der Waals surface area contributed by atoms with Crippen LogP contribution in [0.4, 0.5) is 14.5 Å². The summed E-state index contributed by atoms with van der Waals surface area (Å²) in [6.07, 6.45) is 6.39. The lowest BCUT2D eigenvalue weighted by molar-refractivity contribution is 0.585. The van der Waals surface area contributed by atoms with E-state index in [9.17, 15) is 18.1 Å². The average Bonchev–Trinajstić information content (AvgIpc) is 3.13. The molecule has 0 amide bonds. The summed E-state index contributed by atoms with van der Waals surface area (Å²) in [5.74, 6) is -1.64. The van der Waals surface area contributed by atoms with Crippen LogP contribution >= 0.6 is 0 Å². The summed E-state index contributed by atoms with van der Waals surface area (Å²) >= 11 is -1.54. The molecule has 9 heteroatoms. The van der Waals surface area contributed by atoms with Gasteiger partial charge in [-0.1, -0.05) is 6.07 Å². The third-order valence-electron chi connectivity index (χ3n) is 4.82. The molecule has 154 valence electrons. The maximum atomic E-state index is 14.8. The number of anilines is 1. The number of aromatic nitrogens is 3. The van der Waals surface area contributed by atoms with E-state index in [1.165, 1.54) is 23.1 Å². The Morgan fingerprint density at radius 2 is 1.77 bits per heavy atom. The molecule has 0 radical (unpaired) electrons. The van der Waals surface area contributed by atoms with Gasteiger partial charge in [-0.2, -0.15) is 5.10 Å². The summed E-state index contributed by atoms with van der Waals surface area (Å²) in [6, 6.07) is 7.29. The van der Waals surface area contributed by atoms with E-state index in [0.717, 1.165) is 17.2 Å². The van der Waals surface area contributed by atoms with Gasteiger partial charge in [0.15, 0.2) is 5.82 Å². The molecule has 0 bridgehead atoms. The van der Waals surface area contributed by atoms with E-state index in [4.69, 9.17) is 0 Å². The highest BCUT2D eigenvalue weighted by atomic mass is 32.2. The van der Waals surface area contributed by atoms with Gasteiger partial charge < -0.3 is 9.12 Å². The van der Waals surface area contributed by atoms with Crippen molar-refractivity contribution in [1.82, 2.24) is 14.3 Å². The van der Waals surface area contributed by atoms with Crippen molar-refractivity contribution in [2.24, 2.45) is 14.1 Å². The van der Waals surface area contributed by atoms with E-state index in [-0.39, 0.29) is 16.8 Å². The van der Waals surface area contributed by atoms with Gasteiger partial charge >= 0.3 is 0 Å². The van der Waals surface area contributed by atoms with E-state index in [1.807, 2.05) is 6.20 Å². The first-order valence-corrected chi connectivity index (χ1v) is 10.5. The Bertz CT molecular complexity index is 1330. The summed E-state index contributed by atoms with van der Waals surface area (Å²) in [5, 5.41) is 5.08. The molecule has 6 nitrogen and oxygen atoms in total.